The monoisotopic (exact) mass is 338 g/mol. The Morgan fingerprint density at radius 2 is 2.09 bits per heavy atom. The SMILES string of the molecule is CCC[C@H](C)NC(=O)c1ccc2c(c1)C[C@@H](C)N2S(=O)(=O)CC. The first-order valence-corrected chi connectivity index (χ1v) is 9.87. The third-order valence-electron chi connectivity index (χ3n) is 4.26. The van der Waals surface area contributed by atoms with Gasteiger partial charge in [0.25, 0.3) is 5.91 Å². The number of carbonyl (C=O) groups is 1. The maximum Gasteiger partial charge on any atom is 0.251 e. The molecule has 0 fully saturated rings. The van der Waals surface area contributed by atoms with Crippen LogP contribution in [0.25, 0.3) is 0 Å². The first-order chi connectivity index (χ1) is 10.8. The molecular formula is C17H26N2O3S. The Morgan fingerprint density at radius 3 is 2.70 bits per heavy atom. The number of amides is 1. The van der Waals surface area contributed by atoms with Crippen LogP contribution in [0.1, 0.15) is 56.5 Å². The summed E-state index contributed by atoms with van der Waals surface area (Å²) in [7, 11) is -3.29. The van der Waals surface area contributed by atoms with Gasteiger partial charge in [-0.1, -0.05) is 13.3 Å². The third-order valence-corrected chi connectivity index (χ3v) is 6.14. The van der Waals surface area contributed by atoms with E-state index in [4.69, 9.17) is 0 Å². The second-order valence-corrected chi connectivity index (χ2v) is 8.39. The molecule has 6 heteroatoms. The lowest BCUT2D eigenvalue weighted by Gasteiger charge is -2.23. The number of sulfonamides is 1. The Morgan fingerprint density at radius 1 is 1.39 bits per heavy atom. The number of carbonyl (C=O) groups excluding carboxylic acids is 1. The van der Waals surface area contributed by atoms with Crippen LogP contribution in [0.3, 0.4) is 0 Å². The Balaban J connectivity index is 2.25. The van der Waals surface area contributed by atoms with Crippen LogP contribution in [0, 0.1) is 0 Å². The van der Waals surface area contributed by atoms with E-state index in [0.29, 0.717) is 17.7 Å². The summed E-state index contributed by atoms with van der Waals surface area (Å²) in [5, 5.41) is 2.98. The molecule has 0 saturated heterocycles. The van der Waals surface area contributed by atoms with Crippen molar-refractivity contribution in [1.82, 2.24) is 5.32 Å². The number of hydrogen-bond acceptors (Lipinski definition) is 3. The molecule has 2 rings (SSSR count). The van der Waals surface area contributed by atoms with E-state index < -0.39 is 10.0 Å². The molecule has 0 aliphatic carbocycles. The van der Waals surface area contributed by atoms with Crippen LogP contribution in [-0.2, 0) is 16.4 Å². The highest BCUT2D eigenvalue weighted by Crippen LogP contribution is 2.35. The summed E-state index contributed by atoms with van der Waals surface area (Å²) in [5.74, 6) is -0.0220. The van der Waals surface area contributed by atoms with Gasteiger partial charge in [-0.15, -0.1) is 0 Å². The van der Waals surface area contributed by atoms with E-state index in [1.54, 1.807) is 19.1 Å². The minimum atomic E-state index is -3.29. The van der Waals surface area contributed by atoms with Gasteiger partial charge < -0.3 is 5.32 Å². The molecule has 2 atom stereocenters. The summed E-state index contributed by atoms with van der Waals surface area (Å²) in [6.07, 6.45) is 2.60. The summed E-state index contributed by atoms with van der Waals surface area (Å²) in [6.45, 7) is 7.63. The molecule has 1 aliphatic heterocycles. The second kappa shape index (κ2) is 6.91. The quantitative estimate of drug-likeness (QED) is 0.867. The van der Waals surface area contributed by atoms with E-state index in [0.717, 1.165) is 18.4 Å². The lowest BCUT2D eigenvalue weighted by atomic mass is 10.1. The number of anilines is 1. The number of hydrogen-bond donors (Lipinski definition) is 1. The summed E-state index contributed by atoms with van der Waals surface area (Å²) in [6, 6.07) is 5.32. The van der Waals surface area contributed by atoms with Gasteiger partial charge >= 0.3 is 0 Å². The summed E-state index contributed by atoms with van der Waals surface area (Å²) < 4.78 is 26.0. The maximum absolute atomic E-state index is 12.3. The number of rotatable bonds is 6. The van der Waals surface area contributed by atoms with Crippen molar-refractivity contribution in [2.45, 2.75) is 59.0 Å². The van der Waals surface area contributed by atoms with Gasteiger partial charge in [-0.2, -0.15) is 0 Å². The molecule has 0 unspecified atom stereocenters. The number of benzene rings is 1. The van der Waals surface area contributed by atoms with E-state index >= 15 is 0 Å². The molecule has 0 spiro atoms. The minimum absolute atomic E-state index is 0.0769. The predicted octanol–water partition coefficient (Wildman–Crippen LogP) is 2.71. The van der Waals surface area contributed by atoms with Crippen molar-refractivity contribution >= 4 is 21.6 Å². The molecule has 1 aromatic carbocycles. The zero-order valence-electron chi connectivity index (χ0n) is 14.3. The van der Waals surface area contributed by atoms with Crippen molar-refractivity contribution in [3.8, 4) is 0 Å². The van der Waals surface area contributed by atoms with Crippen molar-refractivity contribution in [1.29, 1.82) is 0 Å². The first-order valence-electron chi connectivity index (χ1n) is 8.26. The van der Waals surface area contributed by atoms with Crippen LogP contribution in [0.2, 0.25) is 0 Å². The molecule has 1 aliphatic rings. The Bertz CT molecular complexity index is 685. The second-order valence-electron chi connectivity index (χ2n) is 6.26. The summed E-state index contributed by atoms with van der Waals surface area (Å²) >= 11 is 0. The molecule has 1 N–H and O–H groups in total. The fraction of sp³-hybridized carbons (Fsp3) is 0.588. The molecule has 23 heavy (non-hydrogen) atoms. The van der Waals surface area contributed by atoms with Gasteiger partial charge in [0.1, 0.15) is 0 Å². The average Bonchev–Trinajstić information content (AvgIpc) is 2.82. The van der Waals surface area contributed by atoms with Crippen molar-refractivity contribution in [3.05, 3.63) is 29.3 Å². The molecule has 0 bridgehead atoms. The van der Waals surface area contributed by atoms with Crippen LogP contribution in [0.4, 0.5) is 5.69 Å². The van der Waals surface area contributed by atoms with Gasteiger partial charge in [-0.05, 0) is 57.4 Å². The summed E-state index contributed by atoms with van der Waals surface area (Å²) in [4.78, 5) is 12.3. The molecule has 0 saturated carbocycles. The molecule has 5 nitrogen and oxygen atoms in total. The van der Waals surface area contributed by atoms with E-state index in [-0.39, 0.29) is 23.7 Å². The highest BCUT2D eigenvalue weighted by Gasteiger charge is 2.34. The van der Waals surface area contributed by atoms with E-state index in [1.165, 1.54) is 4.31 Å². The Hall–Kier alpha value is -1.56. The zero-order chi connectivity index (χ0) is 17.2. The van der Waals surface area contributed by atoms with Gasteiger partial charge in [0, 0.05) is 17.6 Å². The summed E-state index contributed by atoms with van der Waals surface area (Å²) in [5.41, 5.74) is 2.22. The van der Waals surface area contributed by atoms with E-state index in [9.17, 15) is 13.2 Å². The van der Waals surface area contributed by atoms with E-state index in [1.807, 2.05) is 19.9 Å². The number of nitrogens with zero attached hydrogens (tertiary/aromatic N) is 1. The average molecular weight is 338 g/mol. The fourth-order valence-electron chi connectivity index (χ4n) is 3.12. The Labute approximate surface area is 139 Å². The van der Waals surface area contributed by atoms with Gasteiger partial charge in [0.15, 0.2) is 0 Å². The highest BCUT2D eigenvalue weighted by atomic mass is 32.2. The zero-order valence-corrected chi connectivity index (χ0v) is 15.1. The topological polar surface area (TPSA) is 66.5 Å². The molecule has 1 amide bonds. The van der Waals surface area contributed by atoms with Crippen molar-refractivity contribution in [2.24, 2.45) is 0 Å². The standard InChI is InChI=1S/C17H26N2O3S/c1-5-7-12(3)18-17(20)14-8-9-16-15(11-14)10-13(4)19(16)23(21,22)6-2/h8-9,11-13H,5-7,10H2,1-4H3,(H,18,20)/t12-,13+/m0/s1. The maximum atomic E-state index is 12.3. The van der Waals surface area contributed by atoms with Crippen LogP contribution in [0.5, 0.6) is 0 Å². The molecule has 1 heterocycles. The fourth-order valence-corrected chi connectivity index (χ4v) is 4.50. The van der Waals surface area contributed by atoms with Crippen molar-refractivity contribution < 1.29 is 13.2 Å². The molecular weight excluding hydrogens is 312 g/mol. The largest absolute Gasteiger partial charge is 0.350 e. The van der Waals surface area contributed by atoms with Gasteiger partial charge in [-0.25, -0.2) is 8.42 Å². The third kappa shape index (κ3) is 3.68. The van der Waals surface area contributed by atoms with Gasteiger partial charge in [0.2, 0.25) is 10.0 Å². The van der Waals surface area contributed by atoms with E-state index in [2.05, 4.69) is 12.2 Å². The van der Waals surface area contributed by atoms with Gasteiger partial charge in [-0.3, -0.25) is 9.10 Å². The Kier molecular flexibility index (Phi) is 5.34. The van der Waals surface area contributed by atoms with Crippen LogP contribution < -0.4 is 9.62 Å². The predicted molar refractivity (Wildman–Crippen MR) is 93.4 cm³/mol. The lowest BCUT2D eigenvalue weighted by Crippen LogP contribution is -2.36. The highest BCUT2D eigenvalue weighted by molar-refractivity contribution is 7.92. The van der Waals surface area contributed by atoms with Crippen LogP contribution in [-0.4, -0.2) is 32.2 Å². The van der Waals surface area contributed by atoms with Gasteiger partial charge in [0.05, 0.1) is 11.4 Å². The lowest BCUT2D eigenvalue weighted by molar-refractivity contribution is 0.0938. The normalized spacial score (nSPS) is 18.6. The molecule has 0 radical (unpaired) electrons. The molecule has 1 aromatic rings. The smallest absolute Gasteiger partial charge is 0.251 e. The van der Waals surface area contributed by atoms with Crippen molar-refractivity contribution in [2.75, 3.05) is 10.1 Å². The number of nitrogens with one attached hydrogen (secondary N) is 1. The first kappa shape index (κ1) is 17.8. The van der Waals surface area contributed by atoms with Crippen LogP contribution in [0.15, 0.2) is 18.2 Å². The van der Waals surface area contributed by atoms with Crippen LogP contribution >= 0.6 is 0 Å². The molecule has 128 valence electrons. The minimum Gasteiger partial charge on any atom is -0.350 e. The van der Waals surface area contributed by atoms with Crippen molar-refractivity contribution in [3.63, 3.8) is 0 Å². The molecule has 0 aromatic heterocycles. The number of fused-ring (bicyclic) bond motifs is 1.